The van der Waals surface area contributed by atoms with Gasteiger partial charge in [0.05, 0.1) is 5.69 Å². The third kappa shape index (κ3) is 2.28. The number of carbonyl (C=O) groups is 1. The number of pyridine rings is 1. The molecule has 6 heteroatoms. The Labute approximate surface area is 86.5 Å². The lowest BCUT2D eigenvalue weighted by Crippen LogP contribution is -2.41. The molecule has 0 unspecified atom stereocenters. The van der Waals surface area contributed by atoms with E-state index in [0.29, 0.717) is 10.4 Å². The molecule has 1 aromatic heterocycles. The SMILES string of the molecule is CC(C)N(C(N)=O)c1ccn(O)c(=O)c1. The van der Waals surface area contributed by atoms with Gasteiger partial charge >= 0.3 is 6.03 Å². The highest BCUT2D eigenvalue weighted by Crippen LogP contribution is 2.13. The lowest BCUT2D eigenvalue weighted by molar-refractivity contribution is 0.175. The molecule has 0 aromatic carbocycles. The van der Waals surface area contributed by atoms with Crippen molar-refractivity contribution in [2.24, 2.45) is 5.73 Å². The Kier molecular flexibility index (Phi) is 2.99. The number of rotatable bonds is 2. The standard InChI is InChI=1S/C9H13N3O3/c1-6(2)12(9(10)14)7-3-4-11(15)8(13)5-7/h3-6,15H,1-2H3,(H2,10,14). The first-order valence-electron chi connectivity index (χ1n) is 4.44. The lowest BCUT2D eigenvalue weighted by atomic mass is 10.3. The maximum Gasteiger partial charge on any atom is 0.319 e. The molecule has 82 valence electrons. The fourth-order valence-electron chi connectivity index (χ4n) is 1.29. The van der Waals surface area contributed by atoms with Gasteiger partial charge in [0.15, 0.2) is 0 Å². The van der Waals surface area contributed by atoms with Gasteiger partial charge in [0.25, 0.3) is 5.56 Å². The topological polar surface area (TPSA) is 88.6 Å². The Morgan fingerprint density at radius 2 is 2.20 bits per heavy atom. The van der Waals surface area contributed by atoms with E-state index in [0.717, 1.165) is 12.3 Å². The zero-order valence-electron chi connectivity index (χ0n) is 8.54. The molecule has 0 aliphatic heterocycles. The first-order valence-corrected chi connectivity index (χ1v) is 4.44. The molecule has 2 amide bonds. The summed E-state index contributed by atoms with van der Waals surface area (Å²) >= 11 is 0. The van der Waals surface area contributed by atoms with E-state index in [1.165, 1.54) is 11.0 Å². The van der Waals surface area contributed by atoms with Crippen molar-refractivity contribution in [2.75, 3.05) is 4.90 Å². The van der Waals surface area contributed by atoms with Crippen molar-refractivity contribution in [3.05, 3.63) is 28.7 Å². The average molecular weight is 211 g/mol. The van der Waals surface area contributed by atoms with Crippen molar-refractivity contribution in [2.45, 2.75) is 19.9 Å². The second-order valence-electron chi connectivity index (χ2n) is 3.37. The fourth-order valence-corrected chi connectivity index (χ4v) is 1.29. The first kappa shape index (κ1) is 11.1. The maximum absolute atomic E-state index is 11.1. The number of urea groups is 1. The highest BCUT2D eigenvalue weighted by Gasteiger charge is 2.16. The number of carbonyl (C=O) groups excluding carboxylic acids is 1. The molecule has 0 bridgehead atoms. The van der Waals surface area contributed by atoms with Gasteiger partial charge in [0, 0.05) is 18.3 Å². The van der Waals surface area contributed by atoms with Crippen molar-refractivity contribution < 1.29 is 10.0 Å². The third-order valence-electron chi connectivity index (χ3n) is 1.92. The van der Waals surface area contributed by atoms with Crippen molar-refractivity contribution in [1.29, 1.82) is 0 Å². The Morgan fingerprint density at radius 1 is 1.60 bits per heavy atom. The van der Waals surface area contributed by atoms with E-state index >= 15 is 0 Å². The van der Waals surface area contributed by atoms with E-state index in [9.17, 15) is 9.59 Å². The average Bonchev–Trinajstić information content (AvgIpc) is 2.10. The number of primary amides is 1. The number of anilines is 1. The van der Waals surface area contributed by atoms with Gasteiger partial charge in [-0.25, -0.2) is 4.79 Å². The van der Waals surface area contributed by atoms with Crippen molar-refractivity contribution >= 4 is 11.7 Å². The van der Waals surface area contributed by atoms with Gasteiger partial charge < -0.3 is 10.9 Å². The van der Waals surface area contributed by atoms with Crippen molar-refractivity contribution in [3.8, 4) is 0 Å². The number of hydrogen-bond donors (Lipinski definition) is 2. The number of nitrogens with zero attached hydrogens (tertiary/aromatic N) is 2. The summed E-state index contributed by atoms with van der Waals surface area (Å²) in [6.45, 7) is 3.55. The fraction of sp³-hybridized carbons (Fsp3) is 0.333. The maximum atomic E-state index is 11.1. The number of nitrogens with two attached hydrogens (primary N) is 1. The summed E-state index contributed by atoms with van der Waals surface area (Å²) in [5.74, 6) is 0. The van der Waals surface area contributed by atoms with Gasteiger partial charge in [0.2, 0.25) is 0 Å². The molecule has 1 aromatic rings. The molecule has 0 saturated heterocycles. The van der Waals surface area contributed by atoms with Crippen LogP contribution in [0.1, 0.15) is 13.8 Å². The molecule has 0 fully saturated rings. The quantitative estimate of drug-likeness (QED) is 0.693. The zero-order valence-corrected chi connectivity index (χ0v) is 8.54. The second kappa shape index (κ2) is 4.04. The summed E-state index contributed by atoms with van der Waals surface area (Å²) in [7, 11) is 0. The zero-order chi connectivity index (χ0) is 11.6. The summed E-state index contributed by atoms with van der Waals surface area (Å²) in [6, 6.07) is 1.79. The summed E-state index contributed by atoms with van der Waals surface area (Å²) < 4.78 is 0.434. The summed E-state index contributed by atoms with van der Waals surface area (Å²) in [6.07, 6.45) is 1.16. The molecule has 0 aliphatic rings. The van der Waals surface area contributed by atoms with Crippen LogP contribution in [-0.4, -0.2) is 22.0 Å². The van der Waals surface area contributed by atoms with Crippen molar-refractivity contribution in [3.63, 3.8) is 0 Å². The third-order valence-corrected chi connectivity index (χ3v) is 1.92. The number of aromatic nitrogens is 1. The van der Waals surface area contributed by atoms with Gasteiger partial charge in [0.1, 0.15) is 0 Å². The lowest BCUT2D eigenvalue weighted by Gasteiger charge is -2.24. The highest BCUT2D eigenvalue weighted by atomic mass is 16.5. The normalized spacial score (nSPS) is 10.3. The van der Waals surface area contributed by atoms with Gasteiger partial charge in [-0.3, -0.25) is 9.69 Å². The minimum Gasteiger partial charge on any atom is -0.425 e. The predicted octanol–water partition coefficient (Wildman–Crippen LogP) is 0.379. The van der Waals surface area contributed by atoms with Crippen LogP contribution in [0.5, 0.6) is 0 Å². The number of hydrogen-bond acceptors (Lipinski definition) is 3. The van der Waals surface area contributed by atoms with E-state index in [1.807, 2.05) is 0 Å². The van der Waals surface area contributed by atoms with E-state index in [4.69, 9.17) is 10.9 Å². The molecule has 1 heterocycles. The Hall–Kier alpha value is -1.98. The number of amides is 2. The summed E-state index contributed by atoms with van der Waals surface area (Å²) in [4.78, 5) is 23.5. The molecule has 15 heavy (non-hydrogen) atoms. The van der Waals surface area contributed by atoms with Crippen LogP contribution in [0.25, 0.3) is 0 Å². The molecule has 0 spiro atoms. The second-order valence-corrected chi connectivity index (χ2v) is 3.37. The van der Waals surface area contributed by atoms with E-state index in [1.54, 1.807) is 13.8 Å². The Balaban J connectivity index is 3.18. The van der Waals surface area contributed by atoms with Crippen LogP contribution >= 0.6 is 0 Å². The molecular formula is C9H13N3O3. The summed E-state index contributed by atoms with van der Waals surface area (Å²) in [5.41, 5.74) is 4.93. The molecular weight excluding hydrogens is 198 g/mol. The van der Waals surface area contributed by atoms with Crippen LogP contribution in [-0.2, 0) is 0 Å². The van der Waals surface area contributed by atoms with Crippen LogP contribution in [0.2, 0.25) is 0 Å². The molecule has 3 N–H and O–H groups in total. The smallest absolute Gasteiger partial charge is 0.319 e. The molecule has 1 rings (SSSR count). The van der Waals surface area contributed by atoms with Crippen LogP contribution in [0.15, 0.2) is 23.1 Å². The highest BCUT2D eigenvalue weighted by molar-refractivity contribution is 5.90. The van der Waals surface area contributed by atoms with Gasteiger partial charge in [-0.1, -0.05) is 0 Å². The minimum atomic E-state index is -0.639. The van der Waals surface area contributed by atoms with Crippen molar-refractivity contribution in [1.82, 2.24) is 4.73 Å². The van der Waals surface area contributed by atoms with Crippen LogP contribution in [0.4, 0.5) is 10.5 Å². The van der Waals surface area contributed by atoms with E-state index in [2.05, 4.69) is 0 Å². The van der Waals surface area contributed by atoms with Crippen LogP contribution in [0, 0.1) is 0 Å². The predicted molar refractivity (Wildman–Crippen MR) is 55.1 cm³/mol. The largest absolute Gasteiger partial charge is 0.425 e. The first-order chi connectivity index (χ1) is 6.93. The molecule has 0 aliphatic carbocycles. The Morgan fingerprint density at radius 3 is 2.60 bits per heavy atom. The van der Waals surface area contributed by atoms with E-state index < -0.39 is 11.6 Å². The minimum absolute atomic E-state index is 0.156. The van der Waals surface area contributed by atoms with E-state index in [-0.39, 0.29) is 6.04 Å². The molecule has 0 atom stereocenters. The van der Waals surface area contributed by atoms with Gasteiger partial charge in [-0.15, -0.1) is 0 Å². The monoisotopic (exact) mass is 211 g/mol. The van der Waals surface area contributed by atoms with Crippen LogP contribution in [0.3, 0.4) is 0 Å². The molecule has 0 saturated carbocycles. The van der Waals surface area contributed by atoms with Gasteiger partial charge in [-0.2, -0.15) is 4.73 Å². The molecule has 0 radical (unpaired) electrons. The summed E-state index contributed by atoms with van der Waals surface area (Å²) in [5, 5.41) is 8.97. The Bertz CT molecular complexity index is 425. The molecule has 6 nitrogen and oxygen atoms in total. The van der Waals surface area contributed by atoms with Crippen LogP contribution < -0.4 is 16.2 Å². The van der Waals surface area contributed by atoms with Gasteiger partial charge in [-0.05, 0) is 19.9 Å².